The van der Waals surface area contributed by atoms with Gasteiger partial charge in [0.1, 0.15) is 17.4 Å². The number of nitriles is 1. The highest BCUT2D eigenvalue weighted by atomic mass is 15.1. The maximum absolute atomic E-state index is 9.23. The average Bonchev–Trinajstić information content (AvgIpc) is 2.84. The first-order valence-corrected chi connectivity index (χ1v) is 6.84. The fourth-order valence-electron chi connectivity index (χ4n) is 2.51. The molecule has 0 aliphatic heterocycles. The zero-order valence-electron chi connectivity index (χ0n) is 12.3. The Hall–Kier alpha value is -2.74. The molecule has 0 atom stereocenters. The third kappa shape index (κ3) is 2.05. The van der Waals surface area contributed by atoms with Crippen molar-refractivity contribution in [1.29, 1.82) is 5.26 Å². The zero-order chi connectivity index (χ0) is 15.0. The number of rotatable bonds is 2. The van der Waals surface area contributed by atoms with Crippen molar-refractivity contribution < 1.29 is 0 Å². The van der Waals surface area contributed by atoms with Crippen molar-refractivity contribution in [2.24, 2.45) is 7.05 Å². The summed E-state index contributed by atoms with van der Waals surface area (Å²) >= 11 is 0. The molecule has 2 heterocycles. The Morgan fingerprint density at radius 2 is 2.10 bits per heavy atom. The minimum Gasteiger partial charge on any atom is -0.327 e. The van der Waals surface area contributed by atoms with Crippen molar-refractivity contribution >= 4 is 11.0 Å². The molecule has 5 nitrogen and oxygen atoms in total. The van der Waals surface area contributed by atoms with Gasteiger partial charge >= 0.3 is 0 Å². The minimum absolute atomic E-state index is 0.589. The van der Waals surface area contributed by atoms with Gasteiger partial charge in [-0.05, 0) is 31.5 Å². The molecule has 3 aromatic rings. The maximum atomic E-state index is 9.23. The van der Waals surface area contributed by atoms with Crippen LogP contribution >= 0.6 is 0 Å². The molecule has 0 N–H and O–H groups in total. The molecule has 5 heteroatoms. The molecular formula is C16H15N5. The van der Waals surface area contributed by atoms with Gasteiger partial charge < -0.3 is 4.57 Å². The second kappa shape index (κ2) is 4.98. The number of nitrogens with zero attached hydrogens (tertiary/aromatic N) is 5. The second-order valence-corrected chi connectivity index (χ2v) is 4.98. The van der Waals surface area contributed by atoms with E-state index in [-0.39, 0.29) is 0 Å². The van der Waals surface area contributed by atoms with E-state index in [1.165, 1.54) is 0 Å². The molecule has 0 fully saturated rings. The number of aromatic nitrogens is 4. The Morgan fingerprint density at radius 3 is 2.81 bits per heavy atom. The third-order valence-electron chi connectivity index (χ3n) is 3.60. The fraction of sp³-hybridized carbons (Fsp3) is 0.250. The van der Waals surface area contributed by atoms with Crippen molar-refractivity contribution in [3.8, 4) is 17.5 Å². The monoisotopic (exact) mass is 277 g/mol. The molecule has 0 spiro atoms. The third-order valence-corrected chi connectivity index (χ3v) is 3.60. The Kier molecular flexibility index (Phi) is 3.15. The first-order chi connectivity index (χ1) is 10.2. The number of benzene rings is 1. The summed E-state index contributed by atoms with van der Waals surface area (Å²) in [6.45, 7) is 3.96. The lowest BCUT2D eigenvalue weighted by Crippen LogP contribution is -2.01. The van der Waals surface area contributed by atoms with Gasteiger partial charge in [0.05, 0.1) is 22.5 Å². The summed E-state index contributed by atoms with van der Waals surface area (Å²) in [6.07, 6.45) is 0.789. The summed E-state index contributed by atoms with van der Waals surface area (Å²) in [5.74, 6) is 0.822. The van der Waals surface area contributed by atoms with Crippen molar-refractivity contribution in [2.75, 3.05) is 0 Å². The van der Waals surface area contributed by atoms with Crippen LogP contribution in [0.2, 0.25) is 0 Å². The van der Waals surface area contributed by atoms with Crippen LogP contribution in [0.15, 0.2) is 24.3 Å². The van der Waals surface area contributed by atoms with Crippen LogP contribution in [-0.2, 0) is 13.5 Å². The van der Waals surface area contributed by atoms with Crippen LogP contribution in [0.3, 0.4) is 0 Å². The highest BCUT2D eigenvalue weighted by molar-refractivity contribution is 5.85. The van der Waals surface area contributed by atoms with E-state index in [0.717, 1.165) is 40.2 Å². The first-order valence-electron chi connectivity index (χ1n) is 6.84. The van der Waals surface area contributed by atoms with Gasteiger partial charge in [-0.25, -0.2) is 4.98 Å². The Labute approximate surface area is 122 Å². The Bertz CT molecular complexity index is 870. The molecule has 0 aliphatic rings. The molecule has 0 unspecified atom stereocenters. The quantitative estimate of drug-likeness (QED) is 0.722. The maximum Gasteiger partial charge on any atom is 0.142 e. The topological polar surface area (TPSA) is 67.4 Å². The van der Waals surface area contributed by atoms with Crippen LogP contribution in [-0.4, -0.2) is 19.7 Å². The van der Waals surface area contributed by atoms with Crippen molar-refractivity contribution in [3.05, 3.63) is 41.2 Å². The standard InChI is InChI=1S/C16H15N5/c1-4-13-12(8-10(2)19-20-13)16-18-15-11(9-17)6-5-7-14(15)21(16)3/h5-8H,4H2,1-3H3. The number of fused-ring (bicyclic) bond motifs is 1. The van der Waals surface area contributed by atoms with Gasteiger partial charge in [0.15, 0.2) is 0 Å². The van der Waals surface area contributed by atoms with Gasteiger partial charge in [-0.15, -0.1) is 0 Å². The predicted octanol–water partition coefficient (Wildman–Crippen LogP) is 2.77. The van der Waals surface area contributed by atoms with Gasteiger partial charge in [0, 0.05) is 12.6 Å². The number of aryl methyl sites for hydroxylation is 3. The molecule has 2 aromatic heterocycles. The van der Waals surface area contributed by atoms with Crippen molar-refractivity contribution in [2.45, 2.75) is 20.3 Å². The Balaban J connectivity index is 2.34. The van der Waals surface area contributed by atoms with Gasteiger partial charge in [-0.1, -0.05) is 13.0 Å². The van der Waals surface area contributed by atoms with E-state index in [2.05, 4.69) is 21.3 Å². The van der Waals surface area contributed by atoms with Crippen molar-refractivity contribution in [3.63, 3.8) is 0 Å². The number of hydrogen-bond donors (Lipinski definition) is 0. The summed E-state index contributed by atoms with van der Waals surface area (Å²) in [5, 5.41) is 17.6. The number of hydrogen-bond acceptors (Lipinski definition) is 4. The number of imidazole rings is 1. The average molecular weight is 277 g/mol. The van der Waals surface area contributed by atoms with E-state index in [1.807, 2.05) is 43.7 Å². The summed E-state index contributed by atoms with van der Waals surface area (Å²) in [7, 11) is 1.96. The highest BCUT2D eigenvalue weighted by Gasteiger charge is 2.16. The van der Waals surface area contributed by atoms with E-state index >= 15 is 0 Å². The van der Waals surface area contributed by atoms with Gasteiger partial charge in [0.25, 0.3) is 0 Å². The molecule has 0 radical (unpaired) electrons. The van der Waals surface area contributed by atoms with E-state index < -0.39 is 0 Å². The molecule has 0 saturated carbocycles. The van der Waals surface area contributed by atoms with Crippen LogP contribution in [0, 0.1) is 18.3 Å². The summed E-state index contributed by atoms with van der Waals surface area (Å²) < 4.78 is 2.01. The number of para-hydroxylation sites is 1. The molecule has 1 aromatic carbocycles. The lowest BCUT2D eigenvalue weighted by molar-refractivity contribution is 0.880. The summed E-state index contributed by atoms with van der Waals surface area (Å²) in [4.78, 5) is 4.68. The predicted molar refractivity (Wildman–Crippen MR) is 80.6 cm³/mol. The molecule has 0 aliphatic carbocycles. The van der Waals surface area contributed by atoms with Gasteiger partial charge in [-0.2, -0.15) is 15.5 Å². The fourth-order valence-corrected chi connectivity index (χ4v) is 2.51. The molecule has 0 saturated heterocycles. The molecule has 0 bridgehead atoms. The first kappa shape index (κ1) is 13.3. The van der Waals surface area contributed by atoms with Crippen LogP contribution in [0.25, 0.3) is 22.4 Å². The normalized spacial score (nSPS) is 10.8. The minimum atomic E-state index is 0.589. The van der Waals surface area contributed by atoms with Crippen LogP contribution in [0.5, 0.6) is 0 Å². The van der Waals surface area contributed by atoms with Crippen LogP contribution < -0.4 is 0 Å². The van der Waals surface area contributed by atoms with E-state index in [4.69, 9.17) is 0 Å². The lowest BCUT2D eigenvalue weighted by Gasteiger charge is -2.07. The Morgan fingerprint density at radius 1 is 1.29 bits per heavy atom. The molecule has 3 rings (SSSR count). The lowest BCUT2D eigenvalue weighted by atomic mass is 10.1. The largest absolute Gasteiger partial charge is 0.327 e. The second-order valence-electron chi connectivity index (χ2n) is 4.98. The zero-order valence-corrected chi connectivity index (χ0v) is 12.3. The molecule has 0 amide bonds. The van der Waals surface area contributed by atoms with Crippen LogP contribution in [0.1, 0.15) is 23.9 Å². The van der Waals surface area contributed by atoms with Gasteiger partial charge in [-0.3, -0.25) is 0 Å². The van der Waals surface area contributed by atoms with E-state index in [1.54, 1.807) is 6.07 Å². The summed E-state index contributed by atoms with van der Waals surface area (Å²) in [5.41, 5.74) is 5.01. The molecular weight excluding hydrogens is 262 g/mol. The molecule has 104 valence electrons. The van der Waals surface area contributed by atoms with Crippen LogP contribution in [0.4, 0.5) is 0 Å². The molecule has 21 heavy (non-hydrogen) atoms. The highest BCUT2D eigenvalue weighted by Crippen LogP contribution is 2.27. The summed E-state index contributed by atoms with van der Waals surface area (Å²) in [6, 6.07) is 9.83. The van der Waals surface area contributed by atoms with Gasteiger partial charge in [0.2, 0.25) is 0 Å². The van der Waals surface area contributed by atoms with E-state index in [9.17, 15) is 5.26 Å². The SMILES string of the molecule is CCc1nnc(C)cc1-c1nc2c(C#N)cccc2n1C. The smallest absolute Gasteiger partial charge is 0.142 e. The van der Waals surface area contributed by atoms with Crippen molar-refractivity contribution in [1.82, 2.24) is 19.7 Å². The van der Waals surface area contributed by atoms with E-state index in [0.29, 0.717) is 5.56 Å².